The van der Waals surface area contributed by atoms with Gasteiger partial charge in [-0.1, -0.05) is 51.0 Å². The number of unbranched alkanes of at least 4 members (excludes halogenated alkanes) is 2. The first-order valence-corrected chi connectivity index (χ1v) is 10.8. The number of hydrogen-bond acceptors (Lipinski definition) is 5. The molecule has 6 heteroatoms. The van der Waals surface area contributed by atoms with Gasteiger partial charge in [-0.25, -0.2) is 0 Å². The Morgan fingerprint density at radius 1 is 1.10 bits per heavy atom. The third kappa shape index (κ3) is 4.31. The predicted molar refractivity (Wildman–Crippen MR) is 120 cm³/mol. The van der Waals surface area contributed by atoms with Gasteiger partial charge in [0.15, 0.2) is 7.85 Å². The maximum atomic E-state index is 13.1. The number of para-hydroxylation sites is 2. The summed E-state index contributed by atoms with van der Waals surface area (Å²) < 4.78 is 11.7. The lowest BCUT2D eigenvalue weighted by Gasteiger charge is -2.16. The molecule has 0 aliphatic carbocycles. The van der Waals surface area contributed by atoms with E-state index in [0.717, 1.165) is 42.7 Å². The van der Waals surface area contributed by atoms with Crippen molar-refractivity contribution in [2.24, 2.45) is 0 Å². The van der Waals surface area contributed by atoms with Crippen LogP contribution >= 0.6 is 0 Å². The highest BCUT2D eigenvalue weighted by Crippen LogP contribution is 2.56. The molecule has 1 saturated heterocycles. The molecule has 1 fully saturated rings. The van der Waals surface area contributed by atoms with Crippen molar-refractivity contribution >= 4 is 19.5 Å². The van der Waals surface area contributed by atoms with Crippen molar-refractivity contribution < 1.29 is 14.3 Å². The fraction of sp³-hybridized carbons (Fsp3) is 0.417. The van der Waals surface area contributed by atoms with E-state index in [1.807, 2.05) is 44.2 Å². The van der Waals surface area contributed by atoms with E-state index in [4.69, 9.17) is 14.7 Å². The summed E-state index contributed by atoms with van der Waals surface area (Å²) in [7, 11) is 1.92. The van der Waals surface area contributed by atoms with Gasteiger partial charge >= 0.3 is 5.97 Å². The summed E-state index contributed by atoms with van der Waals surface area (Å²) in [6.07, 6.45) is 3.85. The lowest BCUT2D eigenvalue weighted by Crippen LogP contribution is -2.33. The number of nitriles is 1. The lowest BCUT2D eigenvalue weighted by atomic mass is 9.81. The van der Waals surface area contributed by atoms with Crippen molar-refractivity contribution in [3.05, 3.63) is 59.7 Å². The van der Waals surface area contributed by atoms with E-state index >= 15 is 0 Å². The molecule has 0 spiro atoms. The Morgan fingerprint density at radius 2 is 1.77 bits per heavy atom. The molecule has 2 aromatic carbocycles. The van der Waals surface area contributed by atoms with Crippen LogP contribution in [0.25, 0.3) is 0 Å². The van der Waals surface area contributed by atoms with E-state index in [0.29, 0.717) is 18.8 Å². The van der Waals surface area contributed by atoms with Gasteiger partial charge in [-0.15, -0.1) is 0 Å². The molecule has 0 bridgehead atoms. The Hall–Kier alpha value is -2.94. The van der Waals surface area contributed by atoms with Crippen LogP contribution in [0.2, 0.25) is 0 Å². The van der Waals surface area contributed by atoms with Crippen molar-refractivity contribution in [1.82, 2.24) is 0 Å². The molecule has 3 rings (SSSR count). The van der Waals surface area contributed by atoms with Crippen LogP contribution in [0.1, 0.15) is 56.7 Å². The fourth-order valence-corrected chi connectivity index (χ4v) is 3.76. The molecule has 0 radical (unpaired) electrons. The van der Waals surface area contributed by atoms with Crippen molar-refractivity contribution in [1.29, 1.82) is 5.26 Å². The highest BCUT2D eigenvalue weighted by Gasteiger charge is 2.66. The van der Waals surface area contributed by atoms with E-state index in [2.05, 4.69) is 24.8 Å². The van der Waals surface area contributed by atoms with Gasteiger partial charge in [-0.2, -0.15) is 5.26 Å². The van der Waals surface area contributed by atoms with Crippen LogP contribution in [0.15, 0.2) is 48.5 Å². The maximum Gasteiger partial charge on any atom is 0.325 e. The SMILES string of the molecule is B[C@]1(C(=O)OCCCC)[C@@H](c2ccc(C#N)cc2)N1c1ccccc1OCCCC. The Kier molecular flexibility index (Phi) is 7.05. The smallest absolute Gasteiger partial charge is 0.325 e. The van der Waals surface area contributed by atoms with Gasteiger partial charge in [0.1, 0.15) is 11.2 Å². The predicted octanol–water partition coefficient (Wildman–Crippen LogP) is 3.97. The number of ether oxygens (including phenoxy) is 2. The summed E-state index contributed by atoms with van der Waals surface area (Å²) in [6.45, 7) is 5.26. The Balaban J connectivity index is 1.93. The first kappa shape index (κ1) is 21.8. The summed E-state index contributed by atoms with van der Waals surface area (Å²) in [5.74, 6) is 0.545. The molecule has 5 nitrogen and oxygen atoms in total. The van der Waals surface area contributed by atoms with Crippen molar-refractivity contribution in [2.45, 2.75) is 51.0 Å². The van der Waals surface area contributed by atoms with E-state index in [1.54, 1.807) is 12.1 Å². The maximum absolute atomic E-state index is 13.1. The number of nitrogens with zero attached hydrogens (tertiary/aromatic N) is 2. The zero-order valence-corrected chi connectivity index (χ0v) is 18.1. The molecule has 2 aromatic rings. The molecule has 0 N–H and O–H groups in total. The van der Waals surface area contributed by atoms with E-state index in [9.17, 15) is 4.79 Å². The van der Waals surface area contributed by atoms with E-state index < -0.39 is 5.44 Å². The highest BCUT2D eigenvalue weighted by molar-refractivity contribution is 6.34. The van der Waals surface area contributed by atoms with E-state index in [-0.39, 0.29) is 12.0 Å². The molecule has 0 unspecified atom stereocenters. The third-order valence-electron chi connectivity index (χ3n) is 5.60. The third-order valence-corrected chi connectivity index (χ3v) is 5.60. The number of rotatable bonds is 10. The quantitative estimate of drug-likeness (QED) is 0.260. The average molecular weight is 404 g/mol. The summed E-state index contributed by atoms with van der Waals surface area (Å²) in [4.78, 5) is 15.2. The number of benzene rings is 2. The summed E-state index contributed by atoms with van der Waals surface area (Å²) in [5, 5.41) is 9.11. The second-order valence-corrected chi connectivity index (χ2v) is 7.81. The first-order valence-electron chi connectivity index (χ1n) is 10.8. The highest BCUT2D eigenvalue weighted by atomic mass is 16.5. The first-order chi connectivity index (χ1) is 14.6. The number of anilines is 1. The number of hydrogen-bond donors (Lipinski definition) is 0. The number of carbonyl (C=O) groups excluding carboxylic acids is 1. The number of carbonyl (C=O) groups is 1. The largest absolute Gasteiger partial charge is 0.491 e. The molecule has 0 aromatic heterocycles. The van der Waals surface area contributed by atoms with Crippen LogP contribution in [0.4, 0.5) is 5.69 Å². The van der Waals surface area contributed by atoms with Crippen molar-refractivity contribution in [2.75, 3.05) is 18.1 Å². The Labute approximate surface area is 180 Å². The van der Waals surface area contributed by atoms with Crippen LogP contribution in [-0.2, 0) is 9.53 Å². The van der Waals surface area contributed by atoms with Gasteiger partial charge < -0.3 is 14.4 Å². The molecule has 1 heterocycles. The monoisotopic (exact) mass is 404 g/mol. The van der Waals surface area contributed by atoms with Crippen LogP contribution < -0.4 is 9.64 Å². The Bertz CT molecular complexity index is 909. The topological polar surface area (TPSA) is 62.3 Å². The Morgan fingerprint density at radius 3 is 2.43 bits per heavy atom. The molecule has 0 saturated carbocycles. The zero-order valence-electron chi connectivity index (χ0n) is 18.1. The molecular weight excluding hydrogens is 375 g/mol. The van der Waals surface area contributed by atoms with Gasteiger partial charge in [0.05, 0.1) is 36.6 Å². The van der Waals surface area contributed by atoms with Crippen LogP contribution in [0, 0.1) is 11.3 Å². The molecule has 0 amide bonds. The van der Waals surface area contributed by atoms with Gasteiger partial charge in [-0.3, -0.25) is 4.79 Å². The van der Waals surface area contributed by atoms with Gasteiger partial charge in [0, 0.05) is 0 Å². The standard InChI is InChI=1S/C24H29BN2O3/c1-3-5-15-29-21-10-8-7-9-20(21)27-22(19-13-11-18(17-26)12-14-19)24(27,25)23(28)30-16-6-4-2/h7-14,22H,3-6,15-16,25H2,1-2H3/t22-,24-,27?/m1/s1. The summed E-state index contributed by atoms with van der Waals surface area (Å²) in [6, 6.07) is 17.2. The van der Waals surface area contributed by atoms with Crippen LogP contribution in [0.3, 0.4) is 0 Å². The fourth-order valence-electron chi connectivity index (χ4n) is 3.76. The van der Waals surface area contributed by atoms with Gasteiger partial charge in [0.2, 0.25) is 0 Å². The van der Waals surface area contributed by atoms with Crippen molar-refractivity contribution in [3.63, 3.8) is 0 Å². The molecular formula is C24H29BN2O3. The van der Waals surface area contributed by atoms with E-state index in [1.165, 1.54) is 0 Å². The average Bonchev–Trinajstić information content (AvgIpc) is 3.41. The lowest BCUT2D eigenvalue weighted by molar-refractivity contribution is -0.144. The molecule has 156 valence electrons. The summed E-state index contributed by atoms with van der Waals surface area (Å²) >= 11 is 0. The number of esters is 1. The summed E-state index contributed by atoms with van der Waals surface area (Å²) in [5.41, 5.74) is 1.65. The second-order valence-electron chi connectivity index (χ2n) is 7.81. The minimum absolute atomic E-state index is 0.171. The van der Waals surface area contributed by atoms with Crippen LogP contribution in [0.5, 0.6) is 5.75 Å². The minimum atomic E-state index is -0.813. The zero-order chi connectivity index (χ0) is 21.6. The van der Waals surface area contributed by atoms with Gasteiger partial charge in [-0.05, 0) is 42.7 Å². The minimum Gasteiger partial charge on any atom is -0.491 e. The van der Waals surface area contributed by atoms with Crippen LogP contribution in [-0.4, -0.2) is 32.5 Å². The van der Waals surface area contributed by atoms with Crippen molar-refractivity contribution in [3.8, 4) is 11.8 Å². The van der Waals surface area contributed by atoms with Gasteiger partial charge in [0.25, 0.3) is 0 Å². The second kappa shape index (κ2) is 9.71. The molecule has 30 heavy (non-hydrogen) atoms. The molecule has 1 aliphatic rings. The molecule has 2 atom stereocenters. The normalized spacial score (nSPS) is 19.8. The molecule has 1 aliphatic heterocycles.